The van der Waals surface area contributed by atoms with Gasteiger partial charge in [-0.15, -0.1) is 0 Å². The SMILES string of the molecule is N#CC(C(=O)N1CCCCC1)=C1C(=O)N(Cc2ccccc2Cl)c2ccccc21. The van der Waals surface area contributed by atoms with Crippen LogP contribution in [0.25, 0.3) is 5.57 Å². The van der Waals surface area contributed by atoms with Crippen molar-refractivity contribution in [3.8, 4) is 6.07 Å². The third-order valence-electron chi connectivity index (χ3n) is 5.43. The quantitative estimate of drug-likeness (QED) is 0.568. The predicted molar refractivity (Wildman–Crippen MR) is 112 cm³/mol. The molecule has 1 fully saturated rings. The molecule has 6 heteroatoms. The standard InChI is InChI=1S/C23H20ClN3O2/c24-19-10-4-2-8-16(19)15-27-20-11-5-3-9-17(20)21(23(27)29)18(14-25)22(28)26-12-6-1-7-13-26/h2-5,8-11H,1,6-7,12-13,15H2. The molecule has 1 saturated heterocycles. The van der Waals surface area contributed by atoms with Crippen LogP contribution in [0.4, 0.5) is 5.69 Å². The molecule has 146 valence electrons. The van der Waals surface area contributed by atoms with E-state index in [2.05, 4.69) is 0 Å². The lowest BCUT2D eigenvalue weighted by Crippen LogP contribution is -2.37. The number of piperidine rings is 1. The molecule has 0 N–H and O–H groups in total. The van der Waals surface area contributed by atoms with E-state index in [0.717, 1.165) is 24.8 Å². The lowest BCUT2D eigenvalue weighted by atomic mass is 10.00. The summed E-state index contributed by atoms with van der Waals surface area (Å²) in [6.07, 6.45) is 2.92. The Morgan fingerprint density at radius 3 is 2.45 bits per heavy atom. The molecule has 4 rings (SSSR count). The largest absolute Gasteiger partial charge is 0.338 e. The Labute approximate surface area is 174 Å². The van der Waals surface area contributed by atoms with Crippen molar-refractivity contribution in [1.29, 1.82) is 5.26 Å². The third kappa shape index (κ3) is 3.52. The summed E-state index contributed by atoms with van der Waals surface area (Å²) >= 11 is 6.29. The Hall–Kier alpha value is -3.10. The van der Waals surface area contributed by atoms with E-state index in [-0.39, 0.29) is 29.5 Å². The molecule has 5 nitrogen and oxygen atoms in total. The molecule has 0 bridgehead atoms. The topological polar surface area (TPSA) is 64.4 Å². The molecule has 2 aromatic rings. The first-order chi connectivity index (χ1) is 14.1. The zero-order valence-corrected chi connectivity index (χ0v) is 16.7. The summed E-state index contributed by atoms with van der Waals surface area (Å²) in [7, 11) is 0. The minimum atomic E-state index is -0.357. The van der Waals surface area contributed by atoms with Gasteiger partial charge in [0.2, 0.25) is 0 Å². The fraction of sp³-hybridized carbons (Fsp3) is 0.261. The van der Waals surface area contributed by atoms with E-state index in [1.807, 2.05) is 42.5 Å². The van der Waals surface area contributed by atoms with Crippen molar-refractivity contribution in [2.45, 2.75) is 25.8 Å². The van der Waals surface area contributed by atoms with Crippen LogP contribution in [-0.4, -0.2) is 29.8 Å². The Morgan fingerprint density at radius 2 is 1.72 bits per heavy atom. The molecule has 0 aromatic heterocycles. The van der Waals surface area contributed by atoms with E-state index in [0.29, 0.717) is 29.4 Å². The highest BCUT2D eigenvalue weighted by molar-refractivity contribution is 6.37. The van der Waals surface area contributed by atoms with Crippen molar-refractivity contribution in [2.75, 3.05) is 18.0 Å². The van der Waals surface area contributed by atoms with Crippen LogP contribution in [0, 0.1) is 11.3 Å². The first-order valence-corrected chi connectivity index (χ1v) is 10.1. The normalized spacial score (nSPS) is 17.7. The monoisotopic (exact) mass is 405 g/mol. The maximum atomic E-state index is 13.4. The zero-order chi connectivity index (χ0) is 20.4. The van der Waals surface area contributed by atoms with E-state index < -0.39 is 0 Å². The second kappa shape index (κ2) is 8.10. The summed E-state index contributed by atoms with van der Waals surface area (Å²) < 4.78 is 0. The molecule has 0 unspecified atom stereocenters. The Kier molecular flexibility index (Phi) is 5.37. The van der Waals surface area contributed by atoms with Gasteiger partial charge in [-0.25, -0.2) is 0 Å². The number of benzene rings is 2. The van der Waals surface area contributed by atoms with Crippen molar-refractivity contribution < 1.29 is 9.59 Å². The second-order valence-electron chi connectivity index (χ2n) is 7.21. The second-order valence-corrected chi connectivity index (χ2v) is 7.62. The van der Waals surface area contributed by atoms with E-state index in [1.165, 1.54) is 0 Å². The number of carbonyl (C=O) groups is 2. The number of hydrogen-bond donors (Lipinski definition) is 0. The van der Waals surface area contributed by atoms with Gasteiger partial charge in [-0.2, -0.15) is 5.26 Å². The van der Waals surface area contributed by atoms with Crippen LogP contribution in [0.2, 0.25) is 5.02 Å². The van der Waals surface area contributed by atoms with Gasteiger partial charge in [0.15, 0.2) is 0 Å². The van der Waals surface area contributed by atoms with Crippen LogP contribution >= 0.6 is 11.6 Å². The number of nitriles is 1. The minimum absolute atomic E-state index is 0.0778. The molecule has 2 amide bonds. The van der Waals surface area contributed by atoms with Gasteiger partial charge in [0.1, 0.15) is 11.6 Å². The third-order valence-corrected chi connectivity index (χ3v) is 5.80. The molecule has 2 aromatic carbocycles. The van der Waals surface area contributed by atoms with Gasteiger partial charge in [0.05, 0.1) is 17.8 Å². The van der Waals surface area contributed by atoms with Crippen molar-refractivity contribution >= 4 is 34.7 Å². The van der Waals surface area contributed by atoms with E-state index in [1.54, 1.807) is 21.9 Å². The van der Waals surface area contributed by atoms with Gasteiger partial charge in [0, 0.05) is 23.7 Å². The van der Waals surface area contributed by atoms with Crippen LogP contribution in [0.5, 0.6) is 0 Å². The Bertz CT molecular complexity index is 1050. The average molecular weight is 406 g/mol. The highest BCUT2D eigenvalue weighted by Gasteiger charge is 2.37. The molecule has 0 spiro atoms. The smallest absolute Gasteiger partial charge is 0.265 e. The maximum Gasteiger partial charge on any atom is 0.265 e. The number of fused-ring (bicyclic) bond motifs is 1. The first kappa shape index (κ1) is 19.2. The molecule has 29 heavy (non-hydrogen) atoms. The molecule has 2 heterocycles. The van der Waals surface area contributed by atoms with Gasteiger partial charge in [-0.3, -0.25) is 9.59 Å². The van der Waals surface area contributed by atoms with Crippen molar-refractivity contribution in [1.82, 2.24) is 4.90 Å². The van der Waals surface area contributed by atoms with Crippen LogP contribution in [0.3, 0.4) is 0 Å². The van der Waals surface area contributed by atoms with Crippen LogP contribution < -0.4 is 4.90 Å². The number of anilines is 1. The Balaban J connectivity index is 1.77. The lowest BCUT2D eigenvalue weighted by Gasteiger charge is -2.26. The van der Waals surface area contributed by atoms with E-state index >= 15 is 0 Å². The summed E-state index contributed by atoms with van der Waals surface area (Å²) in [6, 6.07) is 16.6. The number of likely N-dealkylation sites (tertiary alicyclic amines) is 1. The zero-order valence-electron chi connectivity index (χ0n) is 15.9. The summed E-state index contributed by atoms with van der Waals surface area (Å²) in [4.78, 5) is 29.7. The van der Waals surface area contributed by atoms with Gasteiger partial charge < -0.3 is 9.80 Å². The van der Waals surface area contributed by atoms with Crippen LogP contribution in [-0.2, 0) is 16.1 Å². The fourth-order valence-electron chi connectivity index (χ4n) is 3.94. The minimum Gasteiger partial charge on any atom is -0.338 e. The highest BCUT2D eigenvalue weighted by atomic mass is 35.5. The predicted octanol–water partition coefficient (Wildman–Crippen LogP) is 4.18. The lowest BCUT2D eigenvalue weighted by molar-refractivity contribution is -0.127. The number of rotatable bonds is 3. The molecule has 0 aliphatic carbocycles. The molecule has 0 saturated carbocycles. The molecule has 0 radical (unpaired) electrons. The maximum absolute atomic E-state index is 13.4. The number of carbonyl (C=O) groups excluding carboxylic acids is 2. The molecular formula is C23H20ClN3O2. The molecule has 2 aliphatic heterocycles. The molecular weight excluding hydrogens is 386 g/mol. The van der Waals surface area contributed by atoms with Crippen molar-refractivity contribution in [2.24, 2.45) is 0 Å². The summed E-state index contributed by atoms with van der Waals surface area (Å²) in [6.45, 7) is 1.52. The highest BCUT2D eigenvalue weighted by Crippen LogP contribution is 2.40. The van der Waals surface area contributed by atoms with Gasteiger partial charge >= 0.3 is 0 Å². The Morgan fingerprint density at radius 1 is 1.03 bits per heavy atom. The van der Waals surface area contributed by atoms with Gasteiger partial charge in [0.25, 0.3) is 11.8 Å². The van der Waals surface area contributed by atoms with Gasteiger partial charge in [-0.05, 0) is 37.0 Å². The van der Waals surface area contributed by atoms with Crippen LogP contribution in [0.15, 0.2) is 54.1 Å². The van der Waals surface area contributed by atoms with Crippen molar-refractivity contribution in [3.63, 3.8) is 0 Å². The van der Waals surface area contributed by atoms with Crippen molar-refractivity contribution in [3.05, 3.63) is 70.3 Å². The van der Waals surface area contributed by atoms with E-state index in [4.69, 9.17) is 11.6 Å². The van der Waals surface area contributed by atoms with Crippen LogP contribution in [0.1, 0.15) is 30.4 Å². The summed E-state index contributed by atoms with van der Waals surface area (Å²) in [5.41, 5.74) is 2.22. The summed E-state index contributed by atoms with van der Waals surface area (Å²) in [5, 5.41) is 10.4. The molecule has 2 aliphatic rings. The molecule has 0 atom stereocenters. The fourth-order valence-corrected chi connectivity index (χ4v) is 4.14. The number of nitrogens with zero attached hydrogens (tertiary/aromatic N) is 3. The number of amides is 2. The number of halogens is 1. The number of hydrogen-bond acceptors (Lipinski definition) is 3. The average Bonchev–Trinajstić information content (AvgIpc) is 3.03. The van der Waals surface area contributed by atoms with Gasteiger partial charge in [-0.1, -0.05) is 48.0 Å². The van der Waals surface area contributed by atoms with E-state index in [9.17, 15) is 14.9 Å². The number of para-hydroxylation sites is 1. The summed E-state index contributed by atoms with van der Waals surface area (Å²) in [5.74, 6) is -0.696. The first-order valence-electron chi connectivity index (χ1n) is 9.70.